The minimum absolute atomic E-state index is 0.441. The van der Waals surface area contributed by atoms with Crippen LogP contribution in [0, 0.1) is 0 Å². The normalized spacial score (nSPS) is 12.6. The average molecular weight is 355 g/mol. The monoisotopic (exact) mass is 354 g/mol. The molecule has 3 aromatic heterocycles. The number of hydrogen-bond acceptors (Lipinski definition) is 5. The van der Waals surface area contributed by atoms with Crippen molar-refractivity contribution in [3.8, 4) is 10.6 Å². The predicted octanol–water partition coefficient (Wildman–Crippen LogP) is 4.96. The van der Waals surface area contributed by atoms with E-state index in [9.17, 15) is 0 Å². The van der Waals surface area contributed by atoms with Crippen molar-refractivity contribution in [1.29, 1.82) is 0 Å². The lowest BCUT2D eigenvalue weighted by atomic mass is 10.0. The molecule has 0 atom stereocenters. The molecule has 3 aromatic rings. The fourth-order valence-electron chi connectivity index (χ4n) is 2.41. The molecule has 0 aromatic carbocycles. The Balaban J connectivity index is 2.06. The minimum atomic E-state index is 0.441. The molecule has 4 nitrogen and oxygen atoms in total. The van der Waals surface area contributed by atoms with Gasteiger partial charge in [-0.15, -0.1) is 11.3 Å². The Morgan fingerprint density at radius 1 is 1.29 bits per heavy atom. The third-order valence-corrected chi connectivity index (χ3v) is 4.73. The molecule has 120 valence electrons. The number of pyridine rings is 2. The fourth-order valence-corrected chi connectivity index (χ4v) is 3.46. The van der Waals surface area contributed by atoms with E-state index >= 15 is 0 Å². The van der Waals surface area contributed by atoms with E-state index in [1.54, 1.807) is 49.1 Å². The van der Waals surface area contributed by atoms with Gasteiger partial charge in [0.05, 0.1) is 15.9 Å². The van der Waals surface area contributed by atoms with Crippen LogP contribution in [0.2, 0.25) is 5.15 Å². The largest absolute Gasteiger partial charge is 0.288 e. The summed E-state index contributed by atoms with van der Waals surface area (Å²) in [7, 11) is 1.77. The zero-order chi connectivity index (χ0) is 17.1. The number of allylic oxidation sites excluding steroid dienone is 3. The number of fused-ring (bicyclic) bond motifs is 1. The highest BCUT2D eigenvalue weighted by Crippen LogP contribution is 2.31. The molecule has 24 heavy (non-hydrogen) atoms. The van der Waals surface area contributed by atoms with Crippen LogP contribution in [0.15, 0.2) is 60.0 Å². The van der Waals surface area contributed by atoms with Crippen LogP contribution in [0.1, 0.15) is 12.5 Å². The number of aliphatic imine (C=N–C) groups is 1. The van der Waals surface area contributed by atoms with Gasteiger partial charge in [0, 0.05) is 42.8 Å². The Morgan fingerprint density at radius 3 is 2.88 bits per heavy atom. The quantitative estimate of drug-likeness (QED) is 0.378. The second-order valence-electron chi connectivity index (χ2n) is 5.11. The molecule has 0 radical (unpaired) electrons. The molecule has 0 aliphatic heterocycles. The highest BCUT2D eigenvalue weighted by Gasteiger charge is 2.11. The van der Waals surface area contributed by atoms with E-state index in [0.29, 0.717) is 5.15 Å². The van der Waals surface area contributed by atoms with Crippen molar-refractivity contribution in [3.63, 3.8) is 0 Å². The van der Waals surface area contributed by atoms with Crippen LogP contribution in [0.5, 0.6) is 0 Å². The Bertz CT molecular complexity index is 972. The molecule has 0 unspecified atom stereocenters. The van der Waals surface area contributed by atoms with Gasteiger partial charge in [-0.2, -0.15) is 0 Å². The molecule has 3 heterocycles. The first-order valence-corrected chi connectivity index (χ1v) is 8.46. The van der Waals surface area contributed by atoms with Crippen LogP contribution >= 0.6 is 22.9 Å². The van der Waals surface area contributed by atoms with E-state index in [1.165, 1.54) is 0 Å². The molecule has 0 aliphatic rings. The van der Waals surface area contributed by atoms with E-state index in [0.717, 1.165) is 37.6 Å². The van der Waals surface area contributed by atoms with Gasteiger partial charge >= 0.3 is 0 Å². The van der Waals surface area contributed by atoms with E-state index in [4.69, 9.17) is 11.6 Å². The fraction of sp³-hybridized carbons (Fsp3) is 0.111. The number of halogens is 1. The van der Waals surface area contributed by atoms with Gasteiger partial charge in [0.15, 0.2) is 0 Å². The van der Waals surface area contributed by atoms with Gasteiger partial charge in [-0.25, -0.2) is 9.97 Å². The highest BCUT2D eigenvalue weighted by molar-refractivity contribution is 7.21. The van der Waals surface area contributed by atoms with Gasteiger partial charge in [0.1, 0.15) is 10.2 Å². The molecule has 3 rings (SSSR count). The van der Waals surface area contributed by atoms with E-state index in [2.05, 4.69) is 26.5 Å². The number of thiazole rings is 1. The van der Waals surface area contributed by atoms with Gasteiger partial charge in [0.2, 0.25) is 0 Å². The van der Waals surface area contributed by atoms with Gasteiger partial charge in [-0.1, -0.05) is 30.3 Å². The van der Waals surface area contributed by atoms with Crippen LogP contribution in [-0.2, 0) is 0 Å². The Kier molecular flexibility index (Phi) is 4.83. The van der Waals surface area contributed by atoms with Crippen molar-refractivity contribution >= 4 is 38.9 Å². The summed E-state index contributed by atoms with van der Waals surface area (Å²) < 4.78 is 0.993. The Labute approximate surface area is 149 Å². The van der Waals surface area contributed by atoms with Crippen molar-refractivity contribution in [2.24, 2.45) is 4.99 Å². The van der Waals surface area contributed by atoms with Crippen LogP contribution in [0.3, 0.4) is 0 Å². The zero-order valence-electron chi connectivity index (χ0n) is 13.3. The molecular weight excluding hydrogens is 340 g/mol. The molecule has 0 amide bonds. The van der Waals surface area contributed by atoms with E-state index in [1.807, 2.05) is 19.1 Å². The van der Waals surface area contributed by atoms with Crippen molar-refractivity contribution < 1.29 is 0 Å². The summed E-state index contributed by atoms with van der Waals surface area (Å²) >= 11 is 7.50. The van der Waals surface area contributed by atoms with Crippen LogP contribution in [0.25, 0.3) is 20.8 Å². The van der Waals surface area contributed by atoms with Crippen LogP contribution in [0.4, 0.5) is 0 Å². The summed E-state index contributed by atoms with van der Waals surface area (Å²) in [6.45, 7) is 5.74. The third kappa shape index (κ3) is 3.27. The smallest absolute Gasteiger partial charge is 0.131 e. The number of nitrogens with zero attached hydrogens (tertiary/aromatic N) is 4. The van der Waals surface area contributed by atoms with E-state index in [-0.39, 0.29) is 0 Å². The molecule has 0 saturated carbocycles. The Morgan fingerprint density at radius 2 is 2.12 bits per heavy atom. The molecule has 6 heteroatoms. The summed E-state index contributed by atoms with van der Waals surface area (Å²) in [5.74, 6) is 0. The lowest BCUT2D eigenvalue weighted by Gasteiger charge is -2.07. The maximum atomic E-state index is 5.94. The van der Waals surface area contributed by atoms with Crippen molar-refractivity contribution in [2.75, 3.05) is 7.05 Å². The highest BCUT2D eigenvalue weighted by atomic mass is 35.5. The topological polar surface area (TPSA) is 51.0 Å². The predicted molar refractivity (Wildman–Crippen MR) is 102 cm³/mol. The third-order valence-electron chi connectivity index (χ3n) is 3.47. The standard InChI is InChI=1S/C18H15ClN4S/c1-4-5-11(2)17(20-3)12-6-13(9-21-8-12)18-23-14-7-16(19)22-10-15(14)24-18/h4-10H,1H2,2-3H3/b11-5-,20-17?. The van der Waals surface area contributed by atoms with Crippen LogP contribution in [-0.4, -0.2) is 27.7 Å². The second-order valence-corrected chi connectivity index (χ2v) is 6.53. The molecule has 0 saturated heterocycles. The summed E-state index contributed by atoms with van der Waals surface area (Å²) in [6, 6.07) is 3.81. The molecule has 0 aliphatic carbocycles. The summed E-state index contributed by atoms with van der Waals surface area (Å²) in [4.78, 5) is 17.5. The van der Waals surface area contributed by atoms with Crippen molar-refractivity contribution in [2.45, 2.75) is 6.92 Å². The first-order chi connectivity index (χ1) is 11.6. The number of aromatic nitrogens is 3. The SMILES string of the molecule is C=C/C=C(/C)C(=NC)c1cncc(-c2nc3cc(Cl)ncc3s2)c1. The van der Waals surface area contributed by atoms with Crippen LogP contribution < -0.4 is 0 Å². The lowest BCUT2D eigenvalue weighted by Crippen LogP contribution is -2.03. The van der Waals surface area contributed by atoms with Gasteiger partial charge < -0.3 is 0 Å². The minimum Gasteiger partial charge on any atom is -0.288 e. The lowest BCUT2D eigenvalue weighted by molar-refractivity contribution is 1.29. The molecule has 0 bridgehead atoms. The van der Waals surface area contributed by atoms with Gasteiger partial charge in [-0.3, -0.25) is 9.98 Å². The molecule has 0 fully saturated rings. The van der Waals surface area contributed by atoms with Gasteiger partial charge in [0.25, 0.3) is 0 Å². The van der Waals surface area contributed by atoms with E-state index < -0.39 is 0 Å². The molecular formula is C18H15ClN4S. The first kappa shape index (κ1) is 16.5. The summed E-state index contributed by atoms with van der Waals surface area (Å²) in [5, 5.41) is 1.32. The second kappa shape index (κ2) is 7.03. The van der Waals surface area contributed by atoms with Crippen molar-refractivity contribution in [3.05, 3.63) is 65.7 Å². The maximum Gasteiger partial charge on any atom is 0.131 e. The number of hydrogen-bond donors (Lipinski definition) is 0. The summed E-state index contributed by atoms with van der Waals surface area (Å²) in [5.41, 5.74) is 4.65. The Hall–Kier alpha value is -2.37. The van der Waals surface area contributed by atoms with Crippen molar-refractivity contribution in [1.82, 2.24) is 15.0 Å². The first-order valence-electron chi connectivity index (χ1n) is 7.26. The average Bonchev–Trinajstić information content (AvgIpc) is 2.99. The zero-order valence-corrected chi connectivity index (χ0v) is 14.9. The summed E-state index contributed by atoms with van der Waals surface area (Å²) in [6.07, 6.45) is 9.03. The molecule has 0 spiro atoms. The maximum absolute atomic E-state index is 5.94. The van der Waals surface area contributed by atoms with Gasteiger partial charge in [-0.05, 0) is 18.6 Å². The molecule has 0 N–H and O–H groups in total. The number of rotatable bonds is 4.